The number of hydrogen-bond acceptors (Lipinski definition) is 7. The minimum atomic E-state index is 0.0880. The molecule has 6 rings (SSSR count). The topological polar surface area (TPSA) is 92.8 Å². The molecule has 4 aromatic heterocycles. The molecule has 0 N–H and O–H groups in total. The van der Waals surface area contributed by atoms with Gasteiger partial charge in [-0.2, -0.15) is 0 Å². The second kappa shape index (κ2) is 9.90. The maximum absolute atomic E-state index is 6.02. The first-order valence-electron chi connectivity index (χ1n) is 12.3. The van der Waals surface area contributed by atoms with Gasteiger partial charge in [-0.1, -0.05) is 17.7 Å². The molecule has 0 amide bonds. The fourth-order valence-corrected chi connectivity index (χ4v) is 5.05. The van der Waals surface area contributed by atoms with Gasteiger partial charge in [-0.25, -0.2) is 24.6 Å². The molecule has 10 heteroatoms. The number of ether oxygens (including phenoxy) is 2. The number of halogens is 1. The molecule has 0 unspecified atom stereocenters. The van der Waals surface area contributed by atoms with Gasteiger partial charge in [0.05, 0.1) is 26.2 Å². The van der Waals surface area contributed by atoms with Crippen LogP contribution < -0.4 is 9.47 Å². The van der Waals surface area contributed by atoms with Gasteiger partial charge in [0.1, 0.15) is 28.1 Å². The molecule has 5 heterocycles. The average Bonchev–Trinajstić information content (AvgIpc) is 3.59. The first-order valence-corrected chi connectivity index (χ1v) is 12.7. The normalized spacial score (nSPS) is 14.8. The summed E-state index contributed by atoms with van der Waals surface area (Å²) in [5.74, 6) is 2.85. The van der Waals surface area contributed by atoms with Gasteiger partial charge in [-0.15, -0.1) is 5.10 Å². The van der Waals surface area contributed by atoms with Crippen molar-refractivity contribution in [1.29, 1.82) is 0 Å². The minimum absolute atomic E-state index is 0.0880. The predicted molar refractivity (Wildman–Crippen MR) is 144 cm³/mol. The summed E-state index contributed by atoms with van der Waals surface area (Å²) in [6.07, 6.45) is 7.41. The number of nitrogens with zero attached hydrogens (tertiary/aromatic N) is 7. The van der Waals surface area contributed by atoms with Gasteiger partial charge in [0, 0.05) is 36.0 Å². The van der Waals surface area contributed by atoms with E-state index < -0.39 is 0 Å². The number of rotatable bonds is 6. The number of fused-ring (bicyclic) bond motifs is 1. The molecular weight excluding hydrogens is 502 g/mol. The van der Waals surface area contributed by atoms with E-state index in [1.165, 1.54) is 0 Å². The van der Waals surface area contributed by atoms with Crippen molar-refractivity contribution in [2.75, 3.05) is 14.2 Å². The summed E-state index contributed by atoms with van der Waals surface area (Å²) in [5, 5.41) is 5.28. The summed E-state index contributed by atoms with van der Waals surface area (Å²) in [7, 11) is 3.28. The van der Waals surface area contributed by atoms with Crippen LogP contribution in [0.15, 0.2) is 61.2 Å². The Morgan fingerprint density at radius 1 is 1.00 bits per heavy atom. The summed E-state index contributed by atoms with van der Waals surface area (Å²) in [4.78, 5) is 18.3. The van der Waals surface area contributed by atoms with Crippen molar-refractivity contribution in [1.82, 2.24) is 34.3 Å². The largest absolute Gasteiger partial charge is 0.496 e. The average molecular weight is 528 g/mol. The van der Waals surface area contributed by atoms with Crippen LogP contribution in [-0.4, -0.2) is 48.5 Å². The van der Waals surface area contributed by atoms with E-state index in [9.17, 15) is 0 Å². The highest BCUT2D eigenvalue weighted by Gasteiger charge is 2.27. The van der Waals surface area contributed by atoms with Crippen LogP contribution in [0.4, 0.5) is 0 Å². The van der Waals surface area contributed by atoms with Crippen molar-refractivity contribution in [2.45, 2.75) is 32.2 Å². The molecule has 0 aliphatic carbocycles. The summed E-state index contributed by atoms with van der Waals surface area (Å²) in [5.41, 5.74) is 5.43. The number of imidazole rings is 1. The first-order chi connectivity index (χ1) is 18.5. The van der Waals surface area contributed by atoms with Crippen LogP contribution >= 0.6 is 11.6 Å². The standard InChI is InChI=1S/C28H26ClN7O2/c1-17-15-35(16-31-17)23-9-8-22(32-28(23)38-3)26-33-27-20(5-4-12-36(27)34-26)18-6-10-24(37-2)21(13-18)19-7-11-25(29)30-14-19/h6-11,13-16,20H,4-5,12H2,1-3H3/t20-/m1/s1. The van der Waals surface area contributed by atoms with Crippen molar-refractivity contribution < 1.29 is 9.47 Å². The second-order valence-electron chi connectivity index (χ2n) is 9.19. The molecule has 5 aromatic rings. The smallest absolute Gasteiger partial charge is 0.238 e. The summed E-state index contributed by atoms with van der Waals surface area (Å²) in [6.45, 7) is 2.76. The van der Waals surface area contributed by atoms with E-state index in [1.54, 1.807) is 32.8 Å². The maximum Gasteiger partial charge on any atom is 0.238 e. The third kappa shape index (κ3) is 4.39. The molecular formula is C28H26ClN7O2. The number of benzene rings is 1. The van der Waals surface area contributed by atoms with Crippen molar-refractivity contribution >= 4 is 11.6 Å². The Balaban J connectivity index is 1.37. The minimum Gasteiger partial charge on any atom is -0.496 e. The first kappa shape index (κ1) is 24.1. The van der Waals surface area contributed by atoms with E-state index in [0.29, 0.717) is 22.6 Å². The quantitative estimate of drug-likeness (QED) is 0.269. The Morgan fingerprint density at radius 3 is 2.63 bits per heavy atom. The van der Waals surface area contributed by atoms with Crippen LogP contribution in [-0.2, 0) is 6.54 Å². The fraction of sp³-hybridized carbons (Fsp3) is 0.250. The molecule has 0 saturated carbocycles. The lowest BCUT2D eigenvalue weighted by atomic mass is 9.89. The predicted octanol–water partition coefficient (Wildman–Crippen LogP) is 5.49. The summed E-state index contributed by atoms with van der Waals surface area (Å²) < 4.78 is 15.1. The second-order valence-corrected chi connectivity index (χ2v) is 9.58. The van der Waals surface area contributed by atoms with Crippen molar-refractivity contribution in [3.63, 3.8) is 0 Å². The van der Waals surface area contributed by atoms with Gasteiger partial charge in [-0.05, 0) is 61.7 Å². The summed E-state index contributed by atoms with van der Waals surface area (Å²) >= 11 is 6.02. The zero-order valence-corrected chi connectivity index (χ0v) is 22.1. The van der Waals surface area contributed by atoms with Crippen LogP contribution in [0.3, 0.4) is 0 Å². The molecule has 0 bridgehead atoms. The molecule has 0 saturated heterocycles. The molecule has 38 heavy (non-hydrogen) atoms. The lowest BCUT2D eigenvalue weighted by molar-refractivity contribution is 0.396. The van der Waals surface area contributed by atoms with Gasteiger partial charge in [0.2, 0.25) is 5.88 Å². The molecule has 1 aromatic carbocycles. The van der Waals surface area contributed by atoms with Gasteiger partial charge in [0.15, 0.2) is 5.82 Å². The molecule has 1 aliphatic heterocycles. The van der Waals surface area contributed by atoms with Crippen molar-refractivity contribution in [3.05, 3.63) is 83.4 Å². The Labute approximate surface area is 225 Å². The Morgan fingerprint density at radius 2 is 1.89 bits per heavy atom. The molecule has 1 aliphatic rings. The van der Waals surface area contributed by atoms with Crippen LogP contribution in [0, 0.1) is 6.92 Å². The number of pyridine rings is 2. The highest BCUT2D eigenvalue weighted by atomic mass is 35.5. The van der Waals surface area contributed by atoms with Gasteiger partial charge in [0.25, 0.3) is 0 Å². The third-order valence-corrected chi connectivity index (χ3v) is 7.02. The molecule has 1 atom stereocenters. The molecule has 0 spiro atoms. The fourth-order valence-electron chi connectivity index (χ4n) is 4.94. The molecule has 9 nitrogen and oxygen atoms in total. The molecule has 192 valence electrons. The highest BCUT2D eigenvalue weighted by molar-refractivity contribution is 6.29. The zero-order valence-electron chi connectivity index (χ0n) is 21.3. The Hall–Kier alpha value is -4.24. The van der Waals surface area contributed by atoms with Crippen LogP contribution in [0.2, 0.25) is 5.15 Å². The monoisotopic (exact) mass is 527 g/mol. The van der Waals surface area contributed by atoms with Crippen LogP contribution in [0.1, 0.15) is 35.8 Å². The number of hydrogen-bond donors (Lipinski definition) is 0. The van der Waals surface area contributed by atoms with Crippen LogP contribution in [0.25, 0.3) is 28.3 Å². The maximum atomic E-state index is 6.02. The van der Waals surface area contributed by atoms with Gasteiger partial charge in [-0.3, -0.25) is 0 Å². The van der Waals surface area contributed by atoms with Crippen LogP contribution in [0.5, 0.6) is 11.6 Å². The van der Waals surface area contributed by atoms with Gasteiger partial charge < -0.3 is 14.0 Å². The lowest BCUT2D eigenvalue weighted by Crippen LogP contribution is -2.18. The summed E-state index contributed by atoms with van der Waals surface area (Å²) in [6, 6.07) is 13.9. The third-order valence-electron chi connectivity index (χ3n) is 6.79. The van der Waals surface area contributed by atoms with Crippen molar-refractivity contribution in [3.8, 4) is 40.0 Å². The number of aromatic nitrogens is 7. The number of aryl methyl sites for hydroxylation is 2. The Kier molecular flexibility index (Phi) is 6.29. The zero-order chi connectivity index (χ0) is 26.2. The van der Waals surface area contributed by atoms with E-state index in [4.69, 9.17) is 36.1 Å². The van der Waals surface area contributed by atoms with Gasteiger partial charge >= 0.3 is 0 Å². The van der Waals surface area contributed by atoms with E-state index in [2.05, 4.69) is 22.1 Å². The molecule has 0 radical (unpaired) electrons. The van der Waals surface area contributed by atoms with E-state index in [1.807, 2.05) is 46.6 Å². The lowest BCUT2D eigenvalue weighted by Gasteiger charge is -2.23. The van der Waals surface area contributed by atoms with E-state index in [0.717, 1.165) is 59.0 Å². The van der Waals surface area contributed by atoms with E-state index >= 15 is 0 Å². The SMILES string of the molecule is COc1ccc([C@H]2CCCn3nc(-c4ccc(-n5cnc(C)c5)c(OC)n4)nc32)cc1-c1ccc(Cl)nc1. The number of methoxy groups -OCH3 is 2. The van der Waals surface area contributed by atoms with Crippen molar-refractivity contribution in [2.24, 2.45) is 0 Å². The Bertz CT molecular complexity index is 1610. The van der Waals surface area contributed by atoms with E-state index in [-0.39, 0.29) is 5.92 Å². The molecule has 0 fully saturated rings. The highest BCUT2D eigenvalue weighted by Crippen LogP contribution is 2.38.